The molecule has 0 fully saturated rings. The molecule has 2 N–H and O–H groups in total. The van der Waals surface area contributed by atoms with E-state index in [0.29, 0.717) is 12.8 Å². The monoisotopic (exact) mass is 264 g/mol. The van der Waals surface area contributed by atoms with Crippen LogP contribution in [0.1, 0.15) is 25.3 Å². The van der Waals surface area contributed by atoms with Crippen molar-refractivity contribution < 1.29 is 14.6 Å². The highest BCUT2D eigenvalue weighted by molar-refractivity contribution is 5.37. The van der Waals surface area contributed by atoms with E-state index in [1.807, 2.05) is 6.92 Å². The molecular weight excluding hydrogens is 247 g/mol. The fraction of sp³-hybridized carbons (Fsp3) is 0.357. The molecule has 1 unspecified atom stereocenters. The summed E-state index contributed by atoms with van der Waals surface area (Å²) in [5, 5.41) is 20.7. The van der Waals surface area contributed by atoms with E-state index >= 15 is 0 Å². The lowest BCUT2D eigenvalue weighted by molar-refractivity contribution is 0.00655. The topological polar surface area (TPSA) is 58.3 Å². The molecule has 0 amide bonds. The van der Waals surface area contributed by atoms with Gasteiger partial charge in [-0.15, -0.1) is 0 Å². The van der Waals surface area contributed by atoms with Gasteiger partial charge in [-0.3, -0.25) is 0 Å². The molecule has 0 bridgehead atoms. The van der Waals surface area contributed by atoms with Gasteiger partial charge in [0.05, 0.1) is 12.9 Å². The predicted octanol–water partition coefficient (Wildman–Crippen LogP) is 2.42. The smallest absolute Gasteiger partial charge is 0.123 e. The quantitative estimate of drug-likeness (QED) is 0.872. The second kappa shape index (κ2) is 5.40. The predicted molar refractivity (Wildman–Crippen MR) is 69.1 cm³/mol. The molecule has 1 aromatic heterocycles. The second-order valence-electron chi connectivity index (χ2n) is 4.68. The summed E-state index contributed by atoms with van der Waals surface area (Å²) in [4.78, 5) is 3.92. The Labute approximate surface area is 111 Å². The third-order valence-electron chi connectivity index (χ3n) is 3.13. The Bertz CT molecular complexity index is 542. The summed E-state index contributed by atoms with van der Waals surface area (Å²) in [5.41, 5.74) is -1.11. The van der Waals surface area contributed by atoms with Crippen molar-refractivity contribution in [3.63, 3.8) is 0 Å². The Morgan fingerprint density at radius 1 is 1.42 bits per heavy atom. The number of phenolic OH excluding ortho intramolecular Hbond substituents is 1. The first kappa shape index (κ1) is 13.5. The van der Waals surface area contributed by atoms with Crippen LogP contribution in [0.25, 0.3) is 0 Å². The maximum absolute atomic E-state index is 13.4. The molecule has 19 heavy (non-hydrogen) atoms. The van der Waals surface area contributed by atoms with Crippen LogP contribution in [-0.4, -0.2) is 19.8 Å². The highest BCUT2D eigenvalue weighted by atomic mass is 19.1. The lowest BCUT2D eigenvalue weighted by atomic mass is 9.88. The van der Waals surface area contributed by atoms with Gasteiger partial charge < -0.3 is 14.8 Å². The molecule has 5 heteroatoms. The summed E-state index contributed by atoms with van der Waals surface area (Å²) >= 11 is 0. The van der Waals surface area contributed by atoms with Crippen molar-refractivity contribution in [2.24, 2.45) is 0 Å². The van der Waals surface area contributed by atoms with Gasteiger partial charge in [0, 0.05) is 18.0 Å². The number of benzene rings is 1. The molecule has 102 valence electrons. The summed E-state index contributed by atoms with van der Waals surface area (Å²) in [6.45, 7) is 2.15. The number of imidazole rings is 1. The second-order valence-corrected chi connectivity index (χ2v) is 4.68. The maximum Gasteiger partial charge on any atom is 0.123 e. The number of nitrogens with zero attached hydrogens (tertiary/aromatic N) is 2. The third-order valence-corrected chi connectivity index (χ3v) is 3.13. The molecule has 1 atom stereocenters. The average molecular weight is 264 g/mol. The molecule has 0 saturated heterocycles. The Hall–Kier alpha value is -1.88. The summed E-state index contributed by atoms with van der Waals surface area (Å²) in [6.07, 6.45) is 6.04. The number of aromatic nitrogens is 2. The van der Waals surface area contributed by atoms with Crippen molar-refractivity contribution in [1.82, 2.24) is 9.55 Å². The van der Waals surface area contributed by atoms with Gasteiger partial charge in [0.1, 0.15) is 17.2 Å². The minimum Gasteiger partial charge on any atom is -0.508 e. The Morgan fingerprint density at radius 2 is 2.21 bits per heavy atom. The van der Waals surface area contributed by atoms with E-state index in [4.69, 9.17) is 0 Å². The zero-order valence-electron chi connectivity index (χ0n) is 10.8. The first-order valence-electron chi connectivity index (χ1n) is 6.22. The van der Waals surface area contributed by atoms with Gasteiger partial charge in [-0.25, -0.2) is 9.37 Å². The van der Waals surface area contributed by atoms with Crippen LogP contribution in [0.2, 0.25) is 0 Å². The normalized spacial score (nSPS) is 14.3. The van der Waals surface area contributed by atoms with Gasteiger partial charge in [0.15, 0.2) is 0 Å². The minimum atomic E-state index is -1.32. The fourth-order valence-electron chi connectivity index (χ4n) is 2.28. The number of phenols is 1. The third kappa shape index (κ3) is 2.93. The van der Waals surface area contributed by atoms with Gasteiger partial charge >= 0.3 is 0 Å². The zero-order chi connectivity index (χ0) is 13.9. The zero-order valence-corrected chi connectivity index (χ0v) is 10.8. The summed E-state index contributed by atoms with van der Waals surface area (Å²) in [5.74, 6) is -0.578. The minimum absolute atomic E-state index is 0.0996. The number of hydrogen-bond acceptors (Lipinski definition) is 3. The first-order valence-corrected chi connectivity index (χ1v) is 6.22. The van der Waals surface area contributed by atoms with Crippen LogP contribution in [0.3, 0.4) is 0 Å². The number of halogens is 1. The SMILES string of the molecule is CCCC(O)(Cn1ccnc1)c1cc(F)ccc1O. The molecule has 1 heterocycles. The van der Waals surface area contributed by atoms with Crippen LogP contribution < -0.4 is 0 Å². The van der Waals surface area contributed by atoms with E-state index in [1.165, 1.54) is 18.2 Å². The van der Waals surface area contributed by atoms with Gasteiger partial charge in [-0.2, -0.15) is 0 Å². The van der Waals surface area contributed by atoms with Crippen molar-refractivity contribution in [3.05, 3.63) is 48.3 Å². The Balaban J connectivity index is 2.40. The van der Waals surface area contributed by atoms with E-state index in [9.17, 15) is 14.6 Å². The number of aliphatic hydroxyl groups is 1. The van der Waals surface area contributed by atoms with E-state index in [0.717, 1.165) is 0 Å². The van der Waals surface area contributed by atoms with Crippen molar-refractivity contribution >= 4 is 0 Å². The summed E-state index contributed by atoms with van der Waals surface area (Å²) in [7, 11) is 0. The first-order chi connectivity index (χ1) is 9.05. The fourth-order valence-corrected chi connectivity index (χ4v) is 2.28. The Morgan fingerprint density at radius 3 is 2.84 bits per heavy atom. The van der Waals surface area contributed by atoms with Crippen molar-refractivity contribution in [1.29, 1.82) is 0 Å². The van der Waals surface area contributed by atoms with Crippen molar-refractivity contribution in [2.45, 2.75) is 31.9 Å². The highest BCUT2D eigenvalue weighted by Gasteiger charge is 2.32. The van der Waals surface area contributed by atoms with E-state index < -0.39 is 11.4 Å². The molecule has 0 spiro atoms. The lowest BCUT2D eigenvalue weighted by Gasteiger charge is -2.29. The maximum atomic E-state index is 13.4. The van der Waals surface area contributed by atoms with E-state index in [1.54, 1.807) is 23.3 Å². The molecule has 0 aliphatic rings. The highest BCUT2D eigenvalue weighted by Crippen LogP contribution is 2.35. The number of hydrogen-bond donors (Lipinski definition) is 2. The van der Waals surface area contributed by atoms with Crippen LogP contribution in [-0.2, 0) is 12.1 Å². The molecule has 0 radical (unpaired) electrons. The van der Waals surface area contributed by atoms with Crippen LogP contribution in [0.15, 0.2) is 36.9 Å². The summed E-state index contributed by atoms with van der Waals surface area (Å²) < 4.78 is 15.1. The van der Waals surface area contributed by atoms with Gasteiger partial charge in [0.2, 0.25) is 0 Å². The van der Waals surface area contributed by atoms with Crippen molar-refractivity contribution in [2.75, 3.05) is 0 Å². The molecular formula is C14H17FN2O2. The van der Waals surface area contributed by atoms with E-state index in [2.05, 4.69) is 4.98 Å². The van der Waals surface area contributed by atoms with Gasteiger partial charge in [-0.1, -0.05) is 13.3 Å². The molecule has 2 rings (SSSR count). The van der Waals surface area contributed by atoms with Crippen molar-refractivity contribution in [3.8, 4) is 5.75 Å². The lowest BCUT2D eigenvalue weighted by Crippen LogP contribution is -2.31. The standard InChI is InChI=1S/C14H17FN2O2/c1-2-5-14(19,9-17-7-6-16-10-17)12-8-11(15)3-4-13(12)18/h3-4,6-8,10,18-19H,2,5,9H2,1H3. The number of aromatic hydroxyl groups is 1. The van der Waals surface area contributed by atoms with Crippen LogP contribution in [0.5, 0.6) is 5.75 Å². The molecule has 2 aromatic rings. The average Bonchev–Trinajstić information content (AvgIpc) is 2.85. The Kier molecular flexibility index (Phi) is 3.85. The van der Waals surface area contributed by atoms with Crippen LogP contribution in [0, 0.1) is 5.82 Å². The molecule has 0 aliphatic carbocycles. The van der Waals surface area contributed by atoms with Crippen LogP contribution in [0.4, 0.5) is 4.39 Å². The number of rotatable bonds is 5. The summed E-state index contributed by atoms with van der Waals surface area (Å²) in [6, 6.07) is 3.61. The van der Waals surface area contributed by atoms with Crippen LogP contribution >= 0.6 is 0 Å². The molecule has 1 aromatic carbocycles. The van der Waals surface area contributed by atoms with Gasteiger partial charge in [0.25, 0.3) is 0 Å². The molecule has 0 saturated carbocycles. The van der Waals surface area contributed by atoms with E-state index in [-0.39, 0.29) is 17.9 Å². The molecule has 0 aliphatic heterocycles. The largest absolute Gasteiger partial charge is 0.508 e. The molecule has 4 nitrogen and oxygen atoms in total. The van der Waals surface area contributed by atoms with Gasteiger partial charge in [-0.05, 0) is 24.6 Å².